The second-order valence-electron chi connectivity index (χ2n) is 5.14. The van der Waals surface area contributed by atoms with Gasteiger partial charge in [0.05, 0.1) is 22.5 Å². The van der Waals surface area contributed by atoms with Gasteiger partial charge in [0.25, 0.3) is 6.43 Å². The van der Waals surface area contributed by atoms with Crippen LogP contribution in [-0.2, 0) is 0 Å². The van der Waals surface area contributed by atoms with Crippen LogP contribution in [0.4, 0.5) is 13.2 Å². The molecule has 7 heteroatoms. The Hall–Kier alpha value is -2.67. The quantitative estimate of drug-likeness (QED) is 0.509. The maximum atomic E-state index is 13.5. The van der Waals surface area contributed by atoms with Gasteiger partial charge in [0.15, 0.2) is 5.65 Å². The smallest absolute Gasteiger partial charge is 0.227 e. The summed E-state index contributed by atoms with van der Waals surface area (Å²) in [4.78, 5) is 5.30. The van der Waals surface area contributed by atoms with Crippen molar-refractivity contribution in [2.45, 2.75) is 6.43 Å². The van der Waals surface area contributed by atoms with E-state index in [4.69, 9.17) is 0 Å². The SMILES string of the molecule is Fc1ccc(-n2ncc3c(C(F)F)cc(-c4cccs4)nc32)cc1. The molecule has 3 heterocycles. The molecule has 0 aliphatic rings. The molecule has 4 rings (SSSR count). The lowest BCUT2D eigenvalue weighted by molar-refractivity contribution is 0.153. The lowest BCUT2D eigenvalue weighted by Crippen LogP contribution is -1.99. The normalized spacial score (nSPS) is 11.5. The van der Waals surface area contributed by atoms with Crippen LogP contribution in [0.3, 0.4) is 0 Å². The molecule has 0 radical (unpaired) electrons. The third-order valence-corrected chi connectivity index (χ3v) is 4.55. The minimum absolute atomic E-state index is 0.114. The molecular weight excluding hydrogens is 335 g/mol. The van der Waals surface area contributed by atoms with Crippen LogP contribution in [0.25, 0.3) is 27.3 Å². The highest BCUT2D eigenvalue weighted by Crippen LogP contribution is 2.33. The van der Waals surface area contributed by atoms with Gasteiger partial charge in [-0.1, -0.05) is 6.07 Å². The third kappa shape index (κ3) is 2.46. The lowest BCUT2D eigenvalue weighted by atomic mass is 10.1. The average Bonchev–Trinajstić information content (AvgIpc) is 3.24. The van der Waals surface area contributed by atoms with Crippen molar-refractivity contribution in [2.24, 2.45) is 0 Å². The lowest BCUT2D eigenvalue weighted by Gasteiger charge is -2.07. The second kappa shape index (κ2) is 5.76. The van der Waals surface area contributed by atoms with Gasteiger partial charge >= 0.3 is 0 Å². The molecule has 3 nitrogen and oxygen atoms in total. The molecule has 0 spiro atoms. The fraction of sp³-hybridized carbons (Fsp3) is 0.0588. The number of rotatable bonds is 3. The summed E-state index contributed by atoms with van der Waals surface area (Å²) in [6.45, 7) is 0. The van der Waals surface area contributed by atoms with E-state index in [0.29, 0.717) is 17.0 Å². The summed E-state index contributed by atoms with van der Waals surface area (Å²) in [6, 6.07) is 10.7. The van der Waals surface area contributed by atoms with E-state index in [-0.39, 0.29) is 16.8 Å². The number of halogens is 3. The van der Waals surface area contributed by atoms with Crippen molar-refractivity contribution in [2.75, 3.05) is 0 Å². The number of aromatic nitrogens is 3. The van der Waals surface area contributed by atoms with E-state index in [1.54, 1.807) is 0 Å². The topological polar surface area (TPSA) is 30.7 Å². The molecule has 0 unspecified atom stereocenters. The molecule has 0 bridgehead atoms. The van der Waals surface area contributed by atoms with Crippen molar-refractivity contribution in [3.63, 3.8) is 0 Å². The number of nitrogens with zero attached hydrogens (tertiary/aromatic N) is 3. The number of benzene rings is 1. The fourth-order valence-electron chi connectivity index (χ4n) is 2.53. The highest BCUT2D eigenvalue weighted by atomic mass is 32.1. The summed E-state index contributed by atoms with van der Waals surface area (Å²) in [6.07, 6.45) is -1.27. The van der Waals surface area contributed by atoms with Gasteiger partial charge in [0, 0.05) is 10.9 Å². The van der Waals surface area contributed by atoms with Crippen LogP contribution >= 0.6 is 11.3 Å². The first-order valence-corrected chi connectivity index (χ1v) is 7.98. The van der Waals surface area contributed by atoms with Gasteiger partial charge in [-0.25, -0.2) is 22.8 Å². The Morgan fingerprint density at radius 1 is 1.08 bits per heavy atom. The van der Waals surface area contributed by atoms with Crippen LogP contribution in [-0.4, -0.2) is 14.8 Å². The Morgan fingerprint density at radius 2 is 1.88 bits per heavy atom. The standard InChI is InChI=1S/C17H10F3N3S/c18-10-3-5-11(6-4-10)23-17-13(9-21-23)12(16(19)20)8-14(22-17)15-2-1-7-24-15/h1-9,16H. The zero-order valence-electron chi connectivity index (χ0n) is 12.2. The van der Waals surface area contributed by atoms with E-state index in [1.165, 1.54) is 52.5 Å². The number of thiophene rings is 1. The van der Waals surface area contributed by atoms with Crippen LogP contribution in [0.15, 0.2) is 54.0 Å². The van der Waals surface area contributed by atoms with E-state index in [2.05, 4.69) is 10.1 Å². The largest absolute Gasteiger partial charge is 0.264 e. The molecule has 0 fully saturated rings. The van der Waals surface area contributed by atoms with Crippen LogP contribution < -0.4 is 0 Å². The maximum absolute atomic E-state index is 13.5. The van der Waals surface area contributed by atoms with Gasteiger partial charge < -0.3 is 0 Å². The molecule has 120 valence electrons. The number of alkyl halides is 2. The van der Waals surface area contributed by atoms with E-state index in [1.807, 2.05) is 17.5 Å². The van der Waals surface area contributed by atoms with Gasteiger partial charge in [0.1, 0.15) is 5.82 Å². The summed E-state index contributed by atoms with van der Waals surface area (Å²) in [5.74, 6) is -0.379. The summed E-state index contributed by atoms with van der Waals surface area (Å²) in [7, 11) is 0. The second-order valence-corrected chi connectivity index (χ2v) is 6.09. The van der Waals surface area contributed by atoms with Crippen LogP contribution in [0.2, 0.25) is 0 Å². The van der Waals surface area contributed by atoms with Gasteiger partial charge in [-0.05, 0) is 41.8 Å². The Morgan fingerprint density at radius 3 is 2.54 bits per heavy atom. The van der Waals surface area contributed by atoms with Crippen molar-refractivity contribution >= 4 is 22.4 Å². The van der Waals surface area contributed by atoms with Crippen LogP contribution in [0, 0.1) is 5.82 Å². The molecule has 0 saturated carbocycles. The van der Waals surface area contributed by atoms with E-state index >= 15 is 0 Å². The van der Waals surface area contributed by atoms with Crippen molar-refractivity contribution < 1.29 is 13.2 Å². The molecule has 24 heavy (non-hydrogen) atoms. The Balaban J connectivity index is 1.98. The van der Waals surface area contributed by atoms with E-state index in [0.717, 1.165) is 4.88 Å². The van der Waals surface area contributed by atoms with Gasteiger partial charge in [-0.3, -0.25) is 0 Å². The first kappa shape index (κ1) is 14.9. The van der Waals surface area contributed by atoms with Gasteiger partial charge in [-0.2, -0.15) is 5.10 Å². The summed E-state index contributed by atoms with van der Waals surface area (Å²) in [5.41, 5.74) is 1.23. The molecule has 4 aromatic rings. The first-order chi connectivity index (χ1) is 11.6. The zero-order valence-corrected chi connectivity index (χ0v) is 13.0. The highest BCUT2D eigenvalue weighted by Gasteiger charge is 2.19. The monoisotopic (exact) mass is 345 g/mol. The van der Waals surface area contributed by atoms with Crippen molar-refractivity contribution in [3.8, 4) is 16.3 Å². The minimum atomic E-state index is -2.64. The van der Waals surface area contributed by atoms with Crippen molar-refractivity contribution in [3.05, 3.63) is 65.4 Å². The average molecular weight is 345 g/mol. The minimum Gasteiger partial charge on any atom is -0.227 e. The summed E-state index contributed by atoms with van der Waals surface area (Å²) < 4.78 is 41.5. The Bertz CT molecular complexity index is 992. The van der Waals surface area contributed by atoms with Crippen molar-refractivity contribution in [1.29, 1.82) is 0 Å². The molecular formula is C17H10F3N3S. The van der Waals surface area contributed by atoms with E-state index in [9.17, 15) is 13.2 Å². The number of fused-ring (bicyclic) bond motifs is 1. The number of hydrogen-bond acceptors (Lipinski definition) is 3. The summed E-state index contributed by atoms with van der Waals surface area (Å²) >= 11 is 1.42. The molecule has 0 saturated heterocycles. The summed E-state index contributed by atoms with van der Waals surface area (Å²) in [5, 5.41) is 6.31. The van der Waals surface area contributed by atoms with Crippen LogP contribution in [0.5, 0.6) is 0 Å². The van der Waals surface area contributed by atoms with Gasteiger partial charge in [-0.15, -0.1) is 11.3 Å². The van der Waals surface area contributed by atoms with E-state index < -0.39 is 6.43 Å². The fourth-order valence-corrected chi connectivity index (χ4v) is 3.21. The van der Waals surface area contributed by atoms with Crippen LogP contribution in [0.1, 0.15) is 12.0 Å². The molecule has 0 atom stereocenters. The maximum Gasteiger partial charge on any atom is 0.264 e. The number of pyridine rings is 1. The molecule has 1 aromatic carbocycles. The molecule has 0 aliphatic heterocycles. The zero-order chi connectivity index (χ0) is 16.7. The molecule has 0 amide bonds. The third-order valence-electron chi connectivity index (χ3n) is 3.65. The molecule has 0 aliphatic carbocycles. The predicted molar refractivity (Wildman–Crippen MR) is 87.1 cm³/mol. The first-order valence-electron chi connectivity index (χ1n) is 7.10. The number of hydrogen-bond donors (Lipinski definition) is 0. The Labute approximate surface area is 139 Å². The van der Waals surface area contributed by atoms with Crippen molar-refractivity contribution in [1.82, 2.24) is 14.8 Å². The molecule has 3 aromatic heterocycles. The molecule has 0 N–H and O–H groups in total. The van der Waals surface area contributed by atoms with Gasteiger partial charge in [0.2, 0.25) is 0 Å². The predicted octanol–water partition coefficient (Wildman–Crippen LogP) is 5.23. The Kier molecular flexibility index (Phi) is 3.57. The highest BCUT2D eigenvalue weighted by molar-refractivity contribution is 7.13.